The molecule has 2 heteroatoms. The van der Waals surface area contributed by atoms with Crippen molar-refractivity contribution in [3.8, 4) is 0 Å². The van der Waals surface area contributed by atoms with Gasteiger partial charge in [-0.25, -0.2) is 0 Å². The molecule has 1 rings (SSSR count). The van der Waals surface area contributed by atoms with Crippen LogP contribution in [0.15, 0.2) is 30.3 Å². The van der Waals surface area contributed by atoms with Crippen molar-refractivity contribution in [3.05, 3.63) is 30.3 Å². The highest BCUT2D eigenvalue weighted by molar-refractivity contribution is 7.63. The Balaban J connectivity index is 2.56. The molecule has 0 aliphatic rings. The Morgan fingerprint density at radius 3 is 2.46 bits per heavy atom. The number of benzene rings is 1. The van der Waals surface area contributed by atoms with Gasteiger partial charge in [-0.1, -0.05) is 43.7 Å². The molecule has 13 heavy (non-hydrogen) atoms. The third kappa shape index (κ3) is 3.46. The van der Waals surface area contributed by atoms with Gasteiger partial charge in [-0.3, -0.25) is 5.09 Å². The van der Waals surface area contributed by atoms with Crippen LogP contribution in [0, 0.1) is 0 Å². The van der Waals surface area contributed by atoms with Crippen LogP contribution in [0.5, 0.6) is 0 Å². The van der Waals surface area contributed by atoms with Crippen LogP contribution in [-0.2, 0) is 0 Å². The van der Waals surface area contributed by atoms with E-state index in [1.807, 2.05) is 0 Å². The summed E-state index contributed by atoms with van der Waals surface area (Å²) in [4.78, 5) is 0. The van der Waals surface area contributed by atoms with Gasteiger partial charge < -0.3 is 0 Å². The van der Waals surface area contributed by atoms with Crippen molar-refractivity contribution < 1.29 is 0 Å². The molecule has 1 aromatic carbocycles. The van der Waals surface area contributed by atoms with Gasteiger partial charge in [-0.15, -0.1) is 0 Å². The number of unbranched alkanes of at least 4 members (excludes halogenated alkanes) is 1. The van der Waals surface area contributed by atoms with Gasteiger partial charge in [0, 0.05) is 0 Å². The zero-order valence-electron chi connectivity index (χ0n) is 8.46. The molecule has 0 fully saturated rings. The smallest absolute Gasteiger partial charge is 0.00709 e. The van der Waals surface area contributed by atoms with Gasteiger partial charge in [0.2, 0.25) is 0 Å². The van der Waals surface area contributed by atoms with Crippen molar-refractivity contribution in [1.82, 2.24) is 5.09 Å². The van der Waals surface area contributed by atoms with Crippen LogP contribution in [-0.4, -0.2) is 13.2 Å². The Labute approximate surface area is 82.4 Å². The number of nitrogens with one attached hydrogen (secondary N) is 1. The second kappa shape index (κ2) is 6.12. The molecule has 1 N–H and O–H groups in total. The maximum absolute atomic E-state index is 3.42. The lowest BCUT2D eigenvalue weighted by atomic mass is 10.4. The normalized spacial score (nSPS) is 12.8. The summed E-state index contributed by atoms with van der Waals surface area (Å²) in [5.74, 6) is 0. The highest BCUT2D eigenvalue weighted by Crippen LogP contribution is 2.29. The summed E-state index contributed by atoms with van der Waals surface area (Å²) in [7, 11) is 1.95. The van der Waals surface area contributed by atoms with Crippen molar-refractivity contribution >= 4 is 13.4 Å². The number of hydrogen-bond donors (Lipinski definition) is 1. The Hall–Kier alpha value is -0.390. The second-order valence-electron chi connectivity index (χ2n) is 3.06. The van der Waals surface area contributed by atoms with Crippen LogP contribution in [0.3, 0.4) is 0 Å². The van der Waals surface area contributed by atoms with Crippen molar-refractivity contribution in [2.45, 2.75) is 19.8 Å². The van der Waals surface area contributed by atoms with Gasteiger partial charge in [0.25, 0.3) is 0 Å². The highest BCUT2D eigenvalue weighted by atomic mass is 31.1. The van der Waals surface area contributed by atoms with Crippen molar-refractivity contribution in [2.24, 2.45) is 0 Å². The van der Waals surface area contributed by atoms with Gasteiger partial charge in [0.05, 0.1) is 0 Å². The Kier molecular flexibility index (Phi) is 5.03. The molecule has 0 heterocycles. The first-order chi connectivity index (χ1) is 6.38. The molecule has 0 spiro atoms. The molecule has 0 aromatic heterocycles. The predicted octanol–water partition coefficient (Wildman–Crippen LogP) is 2.73. The largest absolute Gasteiger partial charge is 0.295 e. The molecule has 0 unspecified atom stereocenters. The van der Waals surface area contributed by atoms with Crippen molar-refractivity contribution in [1.29, 1.82) is 0 Å². The van der Waals surface area contributed by atoms with Crippen LogP contribution >= 0.6 is 8.07 Å². The van der Waals surface area contributed by atoms with E-state index in [0.717, 1.165) is 0 Å². The van der Waals surface area contributed by atoms with Crippen molar-refractivity contribution in [3.63, 3.8) is 0 Å². The minimum absolute atomic E-state index is 0.109. The molecule has 0 saturated carbocycles. The average Bonchev–Trinajstić information content (AvgIpc) is 2.21. The van der Waals surface area contributed by atoms with E-state index in [-0.39, 0.29) is 8.07 Å². The van der Waals surface area contributed by atoms with Gasteiger partial charge >= 0.3 is 0 Å². The average molecular weight is 195 g/mol. The maximum atomic E-state index is 3.42. The Bertz CT molecular complexity index is 223. The van der Waals surface area contributed by atoms with Crippen LogP contribution < -0.4 is 10.4 Å². The number of hydrogen-bond acceptors (Lipinski definition) is 1. The second-order valence-corrected chi connectivity index (χ2v) is 5.33. The first-order valence-electron chi connectivity index (χ1n) is 4.88. The standard InChI is InChI=1S/C11H18NP/c1-3-4-10-13(12-2)11-8-6-5-7-9-11/h5-9,12H,3-4,10H2,1-2H3/t13-/m1/s1. The molecule has 1 nitrogen and oxygen atoms in total. The summed E-state index contributed by atoms with van der Waals surface area (Å²) in [6.07, 6.45) is 3.90. The summed E-state index contributed by atoms with van der Waals surface area (Å²) in [5, 5.41) is 4.88. The molecule has 0 aliphatic heterocycles. The van der Waals surface area contributed by atoms with E-state index in [1.165, 1.54) is 24.3 Å². The summed E-state index contributed by atoms with van der Waals surface area (Å²) >= 11 is 0. The highest BCUT2D eigenvalue weighted by Gasteiger charge is 2.06. The maximum Gasteiger partial charge on any atom is -0.00709 e. The van der Waals surface area contributed by atoms with E-state index in [1.54, 1.807) is 0 Å². The van der Waals surface area contributed by atoms with Crippen molar-refractivity contribution in [2.75, 3.05) is 13.2 Å². The zero-order chi connectivity index (χ0) is 9.52. The monoisotopic (exact) mass is 195 g/mol. The molecular formula is C11H18NP. The molecule has 0 radical (unpaired) electrons. The summed E-state index contributed by atoms with van der Waals surface area (Å²) in [6.45, 7) is 2.24. The van der Waals surface area contributed by atoms with Gasteiger partial charge in [0.1, 0.15) is 0 Å². The molecule has 1 atom stereocenters. The first-order valence-corrected chi connectivity index (χ1v) is 6.41. The lowest BCUT2D eigenvalue weighted by Crippen LogP contribution is -2.13. The molecule has 0 aliphatic carbocycles. The SMILES string of the molecule is CCCC[P@@](NC)c1ccccc1. The minimum Gasteiger partial charge on any atom is -0.295 e. The van der Waals surface area contributed by atoms with Crippen LogP contribution in [0.1, 0.15) is 19.8 Å². The summed E-state index contributed by atoms with van der Waals surface area (Å²) in [6, 6.07) is 10.8. The lowest BCUT2D eigenvalue weighted by molar-refractivity contribution is 0.888. The molecule has 0 saturated heterocycles. The fourth-order valence-corrected chi connectivity index (χ4v) is 3.20. The van der Waals surface area contributed by atoms with E-state index < -0.39 is 0 Å². The quantitative estimate of drug-likeness (QED) is 0.712. The molecule has 0 bridgehead atoms. The fourth-order valence-electron chi connectivity index (χ4n) is 1.29. The van der Waals surface area contributed by atoms with Crippen LogP contribution in [0.2, 0.25) is 0 Å². The van der Waals surface area contributed by atoms with Crippen LogP contribution in [0.4, 0.5) is 0 Å². The lowest BCUT2D eigenvalue weighted by Gasteiger charge is -2.15. The van der Waals surface area contributed by atoms with E-state index in [2.05, 4.69) is 49.4 Å². The zero-order valence-corrected chi connectivity index (χ0v) is 9.35. The molecule has 0 amide bonds. The molecular weight excluding hydrogens is 177 g/mol. The number of rotatable bonds is 5. The Morgan fingerprint density at radius 2 is 1.92 bits per heavy atom. The summed E-state index contributed by atoms with van der Waals surface area (Å²) < 4.78 is 0. The van der Waals surface area contributed by atoms with E-state index in [9.17, 15) is 0 Å². The fraction of sp³-hybridized carbons (Fsp3) is 0.455. The van der Waals surface area contributed by atoms with E-state index in [4.69, 9.17) is 0 Å². The van der Waals surface area contributed by atoms with E-state index in [0.29, 0.717) is 0 Å². The topological polar surface area (TPSA) is 12.0 Å². The molecule has 1 aromatic rings. The van der Waals surface area contributed by atoms with Gasteiger partial charge in [-0.05, 0) is 33.0 Å². The summed E-state index contributed by atoms with van der Waals surface area (Å²) in [5.41, 5.74) is 0. The minimum atomic E-state index is -0.109. The predicted molar refractivity (Wildman–Crippen MR) is 61.8 cm³/mol. The molecule has 72 valence electrons. The first kappa shape index (κ1) is 10.7. The van der Waals surface area contributed by atoms with E-state index >= 15 is 0 Å². The van der Waals surface area contributed by atoms with Gasteiger partial charge in [0.15, 0.2) is 0 Å². The Morgan fingerprint density at radius 1 is 1.23 bits per heavy atom. The van der Waals surface area contributed by atoms with Crippen LogP contribution in [0.25, 0.3) is 0 Å². The third-order valence-corrected chi connectivity index (χ3v) is 4.30. The van der Waals surface area contributed by atoms with Gasteiger partial charge in [-0.2, -0.15) is 0 Å². The third-order valence-electron chi connectivity index (χ3n) is 2.07.